The Morgan fingerprint density at radius 3 is 2.87 bits per heavy atom. The number of hydrogen-bond acceptors (Lipinski definition) is 3. The molecule has 0 unspecified atom stereocenters. The summed E-state index contributed by atoms with van der Waals surface area (Å²) in [6.45, 7) is 5.84. The van der Waals surface area contributed by atoms with Gasteiger partial charge >= 0.3 is 0 Å². The van der Waals surface area contributed by atoms with Crippen LogP contribution >= 0.6 is 0 Å². The molecule has 1 fully saturated rings. The molecule has 0 aromatic rings. The third-order valence-electron chi connectivity index (χ3n) is 2.91. The zero-order valence-electron chi connectivity index (χ0n) is 9.68. The summed E-state index contributed by atoms with van der Waals surface area (Å²) in [5.74, 6) is 0.0958. The third-order valence-corrected chi connectivity index (χ3v) is 2.91. The normalized spacial score (nSPS) is 21.7. The topological polar surface area (TPSA) is 61.4 Å². The smallest absolute Gasteiger partial charge is 0.237 e. The van der Waals surface area contributed by atoms with Crippen LogP contribution in [0.3, 0.4) is 0 Å². The lowest BCUT2D eigenvalue weighted by Crippen LogP contribution is -2.44. The SMILES string of the molecule is CC(C)(CCO)CNC(=O)[C@@H]1CCCN1. The van der Waals surface area contributed by atoms with Crippen LogP contribution in [0.2, 0.25) is 0 Å². The minimum Gasteiger partial charge on any atom is -0.396 e. The fourth-order valence-corrected chi connectivity index (χ4v) is 1.75. The maximum absolute atomic E-state index is 11.7. The van der Waals surface area contributed by atoms with Gasteiger partial charge in [0.25, 0.3) is 0 Å². The van der Waals surface area contributed by atoms with Crippen LogP contribution in [-0.2, 0) is 4.79 Å². The van der Waals surface area contributed by atoms with Gasteiger partial charge in [-0.1, -0.05) is 13.8 Å². The number of aliphatic hydroxyl groups is 1. The Labute approximate surface area is 91.4 Å². The molecule has 15 heavy (non-hydrogen) atoms. The fourth-order valence-electron chi connectivity index (χ4n) is 1.75. The molecule has 88 valence electrons. The summed E-state index contributed by atoms with van der Waals surface area (Å²) in [6, 6.07) is -0.00470. The van der Waals surface area contributed by atoms with E-state index in [1.54, 1.807) is 0 Å². The predicted molar refractivity (Wildman–Crippen MR) is 59.5 cm³/mol. The van der Waals surface area contributed by atoms with Crippen molar-refractivity contribution in [1.29, 1.82) is 0 Å². The second-order valence-electron chi connectivity index (χ2n) is 5.00. The predicted octanol–water partition coefficient (Wildman–Crippen LogP) is 0.263. The van der Waals surface area contributed by atoms with Crippen LogP contribution in [0.4, 0.5) is 0 Å². The second kappa shape index (κ2) is 5.47. The van der Waals surface area contributed by atoms with Crippen LogP contribution in [-0.4, -0.2) is 36.8 Å². The minimum absolute atomic E-state index is 0.00470. The molecule has 0 aromatic carbocycles. The minimum atomic E-state index is -0.0248. The van der Waals surface area contributed by atoms with E-state index in [9.17, 15) is 4.79 Å². The first-order chi connectivity index (χ1) is 7.05. The van der Waals surface area contributed by atoms with Crippen LogP contribution in [0, 0.1) is 5.41 Å². The highest BCUT2D eigenvalue weighted by Crippen LogP contribution is 2.18. The van der Waals surface area contributed by atoms with Gasteiger partial charge in [-0.05, 0) is 31.2 Å². The summed E-state index contributed by atoms with van der Waals surface area (Å²) in [6.07, 6.45) is 2.73. The maximum atomic E-state index is 11.7. The molecule has 0 saturated carbocycles. The average Bonchev–Trinajstić information content (AvgIpc) is 2.67. The quantitative estimate of drug-likeness (QED) is 0.615. The van der Waals surface area contributed by atoms with E-state index in [0.717, 1.165) is 19.4 Å². The molecule has 1 aliphatic rings. The zero-order chi connectivity index (χ0) is 11.3. The van der Waals surface area contributed by atoms with Crippen molar-refractivity contribution < 1.29 is 9.90 Å². The molecule has 1 amide bonds. The summed E-state index contributed by atoms with van der Waals surface area (Å²) in [5.41, 5.74) is -0.0248. The molecule has 0 aromatic heterocycles. The first kappa shape index (κ1) is 12.5. The Morgan fingerprint density at radius 1 is 1.60 bits per heavy atom. The number of aliphatic hydroxyl groups excluding tert-OH is 1. The largest absolute Gasteiger partial charge is 0.396 e. The fraction of sp³-hybridized carbons (Fsp3) is 0.909. The summed E-state index contributed by atoms with van der Waals surface area (Å²) in [7, 11) is 0. The number of rotatable bonds is 5. The lowest BCUT2D eigenvalue weighted by atomic mass is 9.89. The number of hydrogen-bond donors (Lipinski definition) is 3. The Hall–Kier alpha value is -0.610. The van der Waals surface area contributed by atoms with Gasteiger partial charge in [-0.2, -0.15) is 0 Å². The van der Waals surface area contributed by atoms with Crippen molar-refractivity contribution in [2.75, 3.05) is 19.7 Å². The molecule has 0 aliphatic carbocycles. The average molecular weight is 214 g/mol. The highest BCUT2D eigenvalue weighted by Gasteiger charge is 2.24. The van der Waals surface area contributed by atoms with Crippen LogP contribution < -0.4 is 10.6 Å². The molecule has 4 nitrogen and oxygen atoms in total. The summed E-state index contributed by atoms with van der Waals surface area (Å²) in [4.78, 5) is 11.7. The summed E-state index contributed by atoms with van der Waals surface area (Å²) in [5, 5.41) is 15.0. The van der Waals surface area contributed by atoms with Gasteiger partial charge in [0.15, 0.2) is 0 Å². The summed E-state index contributed by atoms with van der Waals surface area (Å²) < 4.78 is 0. The highest BCUT2D eigenvalue weighted by atomic mass is 16.3. The Bertz CT molecular complexity index is 211. The van der Waals surface area contributed by atoms with Crippen molar-refractivity contribution in [1.82, 2.24) is 10.6 Å². The Balaban J connectivity index is 2.26. The van der Waals surface area contributed by atoms with Gasteiger partial charge in [-0.3, -0.25) is 4.79 Å². The van der Waals surface area contributed by atoms with Gasteiger partial charge in [0, 0.05) is 13.2 Å². The van der Waals surface area contributed by atoms with Gasteiger partial charge in [0.2, 0.25) is 5.91 Å². The Morgan fingerprint density at radius 2 is 2.33 bits per heavy atom. The first-order valence-corrected chi connectivity index (χ1v) is 5.67. The molecule has 1 saturated heterocycles. The van der Waals surface area contributed by atoms with E-state index in [2.05, 4.69) is 10.6 Å². The molecule has 0 spiro atoms. The van der Waals surface area contributed by atoms with Crippen LogP contribution in [0.15, 0.2) is 0 Å². The molecule has 1 aliphatic heterocycles. The van der Waals surface area contributed by atoms with E-state index >= 15 is 0 Å². The van der Waals surface area contributed by atoms with Gasteiger partial charge < -0.3 is 15.7 Å². The monoisotopic (exact) mass is 214 g/mol. The first-order valence-electron chi connectivity index (χ1n) is 5.67. The van der Waals surface area contributed by atoms with Crippen molar-refractivity contribution >= 4 is 5.91 Å². The van der Waals surface area contributed by atoms with Crippen molar-refractivity contribution in [3.63, 3.8) is 0 Å². The molecule has 4 heteroatoms. The number of carbonyl (C=O) groups is 1. The zero-order valence-corrected chi connectivity index (χ0v) is 9.68. The van der Waals surface area contributed by atoms with Gasteiger partial charge in [-0.25, -0.2) is 0 Å². The van der Waals surface area contributed by atoms with Crippen LogP contribution in [0.25, 0.3) is 0 Å². The molecule has 0 radical (unpaired) electrons. The van der Waals surface area contributed by atoms with Gasteiger partial charge in [0.05, 0.1) is 6.04 Å². The standard InChI is InChI=1S/C11H22N2O2/c1-11(2,5-7-14)8-13-10(15)9-4-3-6-12-9/h9,12,14H,3-8H2,1-2H3,(H,13,15)/t9-/m0/s1. The van der Waals surface area contributed by atoms with Gasteiger partial charge in [0.1, 0.15) is 0 Å². The van der Waals surface area contributed by atoms with E-state index in [0.29, 0.717) is 13.0 Å². The molecule has 3 N–H and O–H groups in total. The number of amides is 1. The third kappa shape index (κ3) is 4.18. The summed E-state index contributed by atoms with van der Waals surface area (Å²) >= 11 is 0. The van der Waals surface area contributed by atoms with E-state index in [1.165, 1.54) is 0 Å². The highest BCUT2D eigenvalue weighted by molar-refractivity contribution is 5.82. The van der Waals surface area contributed by atoms with E-state index < -0.39 is 0 Å². The van der Waals surface area contributed by atoms with Gasteiger partial charge in [-0.15, -0.1) is 0 Å². The molecule has 1 rings (SSSR count). The van der Waals surface area contributed by atoms with Crippen LogP contribution in [0.5, 0.6) is 0 Å². The van der Waals surface area contributed by atoms with Crippen molar-refractivity contribution in [3.05, 3.63) is 0 Å². The molecule has 1 atom stereocenters. The lowest BCUT2D eigenvalue weighted by Gasteiger charge is -2.24. The Kier molecular flexibility index (Phi) is 4.54. The number of carbonyl (C=O) groups excluding carboxylic acids is 1. The molecular weight excluding hydrogens is 192 g/mol. The molecule has 0 bridgehead atoms. The number of nitrogens with one attached hydrogen (secondary N) is 2. The lowest BCUT2D eigenvalue weighted by molar-refractivity contribution is -0.123. The van der Waals surface area contributed by atoms with Crippen LogP contribution in [0.1, 0.15) is 33.1 Å². The van der Waals surface area contributed by atoms with E-state index in [-0.39, 0.29) is 24.0 Å². The van der Waals surface area contributed by atoms with E-state index in [4.69, 9.17) is 5.11 Å². The maximum Gasteiger partial charge on any atom is 0.237 e. The van der Waals surface area contributed by atoms with E-state index in [1.807, 2.05) is 13.8 Å². The molecule has 1 heterocycles. The van der Waals surface area contributed by atoms with Crippen molar-refractivity contribution in [3.8, 4) is 0 Å². The second-order valence-corrected chi connectivity index (χ2v) is 5.00. The van der Waals surface area contributed by atoms with Crippen molar-refractivity contribution in [2.24, 2.45) is 5.41 Å². The van der Waals surface area contributed by atoms with Crippen molar-refractivity contribution in [2.45, 2.75) is 39.2 Å². The molecular formula is C11H22N2O2.